The summed E-state index contributed by atoms with van der Waals surface area (Å²) in [5, 5.41) is 4.00. The second kappa shape index (κ2) is 6.91. The first-order valence-electron chi connectivity index (χ1n) is 7.85. The molecule has 6 nitrogen and oxygen atoms in total. The molecule has 23 heavy (non-hydrogen) atoms. The molecule has 122 valence electrons. The highest BCUT2D eigenvalue weighted by molar-refractivity contribution is 5.82. The lowest BCUT2D eigenvalue weighted by Gasteiger charge is -2.33. The molecule has 0 saturated carbocycles. The van der Waals surface area contributed by atoms with E-state index < -0.39 is 6.10 Å². The van der Waals surface area contributed by atoms with Crippen molar-refractivity contribution in [3.05, 3.63) is 47.6 Å². The van der Waals surface area contributed by atoms with E-state index in [1.807, 2.05) is 35.2 Å². The van der Waals surface area contributed by atoms with Crippen LogP contribution in [0.25, 0.3) is 0 Å². The Bertz CT molecular complexity index is 656. The molecular weight excluding hydrogens is 294 g/mol. The minimum Gasteiger partial charge on any atom is -0.367 e. The van der Waals surface area contributed by atoms with E-state index in [0.29, 0.717) is 18.3 Å². The number of aromatic nitrogens is 2. The van der Waals surface area contributed by atoms with E-state index in [4.69, 9.17) is 9.26 Å². The fourth-order valence-electron chi connectivity index (χ4n) is 3.04. The van der Waals surface area contributed by atoms with E-state index in [9.17, 15) is 4.79 Å². The van der Waals surface area contributed by atoms with Gasteiger partial charge in [0.25, 0.3) is 5.91 Å². The summed E-state index contributed by atoms with van der Waals surface area (Å²) in [6, 6.07) is 9.58. The highest BCUT2D eigenvalue weighted by Crippen LogP contribution is 2.28. The summed E-state index contributed by atoms with van der Waals surface area (Å²) in [6.45, 7) is 3.11. The van der Waals surface area contributed by atoms with Gasteiger partial charge >= 0.3 is 0 Å². The fraction of sp³-hybridized carbons (Fsp3) is 0.471. The van der Waals surface area contributed by atoms with E-state index in [1.54, 1.807) is 14.0 Å². The van der Waals surface area contributed by atoms with Gasteiger partial charge in [-0.1, -0.05) is 35.5 Å². The van der Waals surface area contributed by atoms with E-state index in [2.05, 4.69) is 10.1 Å². The predicted molar refractivity (Wildman–Crippen MR) is 83.8 cm³/mol. The smallest absolute Gasteiger partial charge is 0.256 e. The molecule has 0 unspecified atom stereocenters. The average molecular weight is 315 g/mol. The lowest BCUT2D eigenvalue weighted by molar-refractivity contribution is -0.143. The fourth-order valence-corrected chi connectivity index (χ4v) is 3.04. The molecule has 1 aromatic carbocycles. The van der Waals surface area contributed by atoms with Crippen LogP contribution >= 0.6 is 0 Å². The molecule has 3 rings (SSSR count). The molecule has 2 heterocycles. The van der Waals surface area contributed by atoms with Crippen LogP contribution in [-0.2, 0) is 9.53 Å². The van der Waals surface area contributed by atoms with Crippen molar-refractivity contribution in [2.45, 2.75) is 31.8 Å². The minimum atomic E-state index is -0.568. The largest absolute Gasteiger partial charge is 0.367 e. The van der Waals surface area contributed by atoms with Gasteiger partial charge in [0.1, 0.15) is 0 Å². The Kier molecular flexibility index (Phi) is 4.71. The molecule has 1 amide bonds. The minimum absolute atomic E-state index is 0.0105. The van der Waals surface area contributed by atoms with Crippen LogP contribution in [0.1, 0.15) is 42.1 Å². The van der Waals surface area contributed by atoms with Crippen molar-refractivity contribution in [2.75, 3.05) is 20.2 Å². The van der Waals surface area contributed by atoms with Crippen LogP contribution < -0.4 is 0 Å². The lowest BCUT2D eigenvalue weighted by atomic mass is 9.96. The maximum absolute atomic E-state index is 12.8. The van der Waals surface area contributed by atoms with Gasteiger partial charge in [-0.05, 0) is 18.4 Å². The molecule has 1 aliphatic rings. The summed E-state index contributed by atoms with van der Waals surface area (Å²) in [4.78, 5) is 19.0. The van der Waals surface area contributed by atoms with Gasteiger partial charge in [-0.25, -0.2) is 0 Å². The molecule has 0 aliphatic carbocycles. The van der Waals surface area contributed by atoms with Crippen molar-refractivity contribution in [3.8, 4) is 0 Å². The molecule has 1 saturated heterocycles. The van der Waals surface area contributed by atoms with Gasteiger partial charge in [-0.15, -0.1) is 0 Å². The number of carbonyl (C=O) groups is 1. The molecular formula is C17H21N3O3. The predicted octanol–water partition coefficient (Wildman–Crippen LogP) is 2.47. The molecule has 2 atom stereocenters. The summed E-state index contributed by atoms with van der Waals surface area (Å²) in [5.74, 6) is 1.36. The maximum Gasteiger partial charge on any atom is 0.256 e. The molecule has 0 spiro atoms. The number of nitrogens with zero attached hydrogens (tertiary/aromatic N) is 3. The number of carbonyl (C=O) groups excluding carboxylic acids is 1. The number of hydrogen-bond acceptors (Lipinski definition) is 5. The van der Waals surface area contributed by atoms with Crippen LogP contribution in [0.2, 0.25) is 0 Å². The molecule has 2 aromatic rings. The SMILES string of the molecule is CO[C@H](C(=O)N1CCC[C@@H](c2noc(C)n2)C1)c1ccccc1. The molecule has 0 radical (unpaired) electrons. The van der Waals surface area contributed by atoms with Crippen molar-refractivity contribution in [3.63, 3.8) is 0 Å². The first-order valence-corrected chi connectivity index (χ1v) is 7.85. The van der Waals surface area contributed by atoms with Gasteiger partial charge in [0.2, 0.25) is 5.89 Å². The summed E-state index contributed by atoms with van der Waals surface area (Å²) in [7, 11) is 1.57. The van der Waals surface area contributed by atoms with Crippen LogP contribution in [-0.4, -0.2) is 41.1 Å². The Labute approximate surface area is 135 Å². The highest BCUT2D eigenvalue weighted by atomic mass is 16.5. The van der Waals surface area contributed by atoms with Crippen LogP contribution in [0.15, 0.2) is 34.9 Å². The lowest BCUT2D eigenvalue weighted by Crippen LogP contribution is -2.42. The van der Waals surface area contributed by atoms with Crippen molar-refractivity contribution >= 4 is 5.91 Å². The molecule has 1 aromatic heterocycles. The van der Waals surface area contributed by atoms with Gasteiger partial charge in [-0.3, -0.25) is 4.79 Å². The number of benzene rings is 1. The quantitative estimate of drug-likeness (QED) is 0.867. The molecule has 6 heteroatoms. The van der Waals surface area contributed by atoms with Crippen molar-refractivity contribution in [1.29, 1.82) is 0 Å². The third-order valence-corrected chi connectivity index (χ3v) is 4.20. The molecule has 0 bridgehead atoms. The number of likely N-dealkylation sites (tertiary alicyclic amines) is 1. The highest BCUT2D eigenvalue weighted by Gasteiger charge is 2.32. The van der Waals surface area contributed by atoms with Crippen molar-refractivity contribution < 1.29 is 14.1 Å². The Morgan fingerprint density at radius 2 is 2.17 bits per heavy atom. The molecule has 1 fully saturated rings. The summed E-state index contributed by atoms with van der Waals surface area (Å²) >= 11 is 0. The number of ether oxygens (including phenoxy) is 1. The Balaban J connectivity index is 1.73. The van der Waals surface area contributed by atoms with Crippen LogP contribution in [0.4, 0.5) is 0 Å². The zero-order valence-electron chi connectivity index (χ0n) is 13.4. The monoisotopic (exact) mass is 315 g/mol. The molecule has 0 N–H and O–H groups in total. The zero-order valence-corrected chi connectivity index (χ0v) is 13.4. The van der Waals surface area contributed by atoms with E-state index in [0.717, 1.165) is 24.9 Å². The summed E-state index contributed by atoms with van der Waals surface area (Å²) < 4.78 is 10.5. The molecule has 1 aliphatic heterocycles. The normalized spacial score (nSPS) is 19.6. The number of hydrogen-bond donors (Lipinski definition) is 0. The third-order valence-electron chi connectivity index (χ3n) is 4.20. The number of piperidine rings is 1. The van der Waals surface area contributed by atoms with Crippen LogP contribution in [0.5, 0.6) is 0 Å². The topological polar surface area (TPSA) is 68.5 Å². The number of aryl methyl sites for hydroxylation is 1. The summed E-state index contributed by atoms with van der Waals surface area (Å²) in [6.07, 6.45) is 1.32. The number of methoxy groups -OCH3 is 1. The van der Waals surface area contributed by atoms with Crippen molar-refractivity contribution in [1.82, 2.24) is 15.0 Å². The van der Waals surface area contributed by atoms with Crippen molar-refractivity contribution in [2.24, 2.45) is 0 Å². The Morgan fingerprint density at radius 3 is 2.83 bits per heavy atom. The Hall–Kier alpha value is -2.21. The van der Waals surface area contributed by atoms with Gasteiger partial charge in [0.05, 0.1) is 0 Å². The average Bonchev–Trinajstić information content (AvgIpc) is 3.03. The number of rotatable bonds is 4. The van der Waals surface area contributed by atoms with E-state index in [-0.39, 0.29) is 11.8 Å². The van der Waals surface area contributed by atoms with Gasteiger partial charge in [0, 0.05) is 33.0 Å². The first kappa shape index (κ1) is 15.7. The second-order valence-corrected chi connectivity index (χ2v) is 5.82. The van der Waals surface area contributed by atoms with Crippen LogP contribution in [0, 0.1) is 6.92 Å². The van der Waals surface area contributed by atoms with Gasteiger partial charge in [0.15, 0.2) is 11.9 Å². The standard InChI is InChI=1S/C17H21N3O3/c1-12-18-16(19-23-12)14-9-6-10-20(11-14)17(21)15(22-2)13-7-4-3-5-8-13/h3-5,7-8,14-15H,6,9-11H2,1-2H3/t14-,15+/m1/s1. The maximum atomic E-state index is 12.8. The van der Waals surface area contributed by atoms with E-state index in [1.165, 1.54) is 0 Å². The Morgan fingerprint density at radius 1 is 1.39 bits per heavy atom. The second-order valence-electron chi connectivity index (χ2n) is 5.82. The summed E-state index contributed by atoms with van der Waals surface area (Å²) in [5.41, 5.74) is 0.873. The van der Waals surface area contributed by atoms with Crippen LogP contribution in [0.3, 0.4) is 0 Å². The number of amides is 1. The van der Waals surface area contributed by atoms with Gasteiger partial charge < -0.3 is 14.2 Å². The van der Waals surface area contributed by atoms with E-state index >= 15 is 0 Å². The first-order chi connectivity index (χ1) is 11.2. The third kappa shape index (κ3) is 3.42. The zero-order chi connectivity index (χ0) is 16.2. The van der Waals surface area contributed by atoms with Gasteiger partial charge in [-0.2, -0.15) is 4.98 Å².